The molecule has 1 aromatic rings. The van der Waals surface area contributed by atoms with Crippen LogP contribution in [0.3, 0.4) is 0 Å². The molecule has 2 N–H and O–H groups in total. The molecule has 1 aliphatic rings. The van der Waals surface area contributed by atoms with Crippen LogP contribution in [0.5, 0.6) is 0 Å². The first-order chi connectivity index (χ1) is 11.1. The molecule has 0 bridgehead atoms. The van der Waals surface area contributed by atoms with Gasteiger partial charge in [0.25, 0.3) is 0 Å². The topological polar surface area (TPSA) is 30.5 Å². The molecule has 1 aromatic carbocycles. The Bertz CT molecular complexity index is 466. The van der Waals surface area contributed by atoms with Crippen LogP contribution in [-0.4, -0.2) is 55.2 Å². The molecule has 0 aliphatic carbocycles. The first-order valence-electron chi connectivity index (χ1n) is 8.60. The highest BCUT2D eigenvalue weighted by molar-refractivity contribution is 7.80. The van der Waals surface area contributed by atoms with Gasteiger partial charge in [-0.05, 0) is 76.3 Å². The average molecular weight is 335 g/mol. The van der Waals surface area contributed by atoms with Crippen molar-refractivity contribution in [2.45, 2.75) is 32.4 Å². The maximum Gasteiger partial charge on any atom is 0.166 e. The minimum absolute atomic E-state index is 0.741. The molecule has 0 aromatic heterocycles. The standard InChI is InChI=1S/C18H30N4S/c1-21(2)11-5-10-19-18(23)20-14-16-6-8-17(9-7-16)15-22-12-3-4-13-22/h6-9H,3-5,10-15H2,1-2H3,(H2,19,20,23). The van der Waals surface area contributed by atoms with Crippen molar-refractivity contribution < 1.29 is 0 Å². The highest BCUT2D eigenvalue weighted by Gasteiger charge is 2.11. The van der Waals surface area contributed by atoms with E-state index in [1.165, 1.54) is 37.1 Å². The van der Waals surface area contributed by atoms with E-state index in [4.69, 9.17) is 12.2 Å². The Kier molecular flexibility index (Phi) is 7.79. The fourth-order valence-electron chi connectivity index (χ4n) is 2.80. The molecule has 0 saturated carbocycles. The van der Waals surface area contributed by atoms with Crippen LogP contribution >= 0.6 is 12.2 Å². The molecule has 0 radical (unpaired) electrons. The Morgan fingerprint density at radius 3 is 2.39 bits per heavy atom. The van der Waals surface area contributed by atoms with Gasteiger partial charge in [-0.15, -0.1) is 0 Å². The molecule has 23 heavy (non-hydrogen) atoms. The van der Waals surface area contributed by atoms with Crippen LogP contribution in [0.15, 0.2) is 24.3 Å². The van der Waals surface area contributed by atoms with E-state index in [-0.39, 0.29) is 0 Å². The number of thiocarbonyl (C=S) groups is 1. The van der Waals surface area contributed by atoms with E-state index in [9.17, 15) is 0 Å². The molecule has 0 unspecified atom stereocenters. The predicted octanol–water partition coefficient (Wildman–Crippen LogP) is 2.20. The zero-order valence-electron chi connectivity index (χ0n) is 14.5. The van der Waals surface area contributed by atoms with E-state index in [2.05, 4.69) is 58.8 Å². The SMILES string of the molecule is CN(C)CCCNC(=S)NCc1ccc(CN2CCCC2)cc1. The van der Waals surface area contributed by atoms with Gasteiger partial charge in [-0.25, -0.2) is 0 Å². The van der Waals surface area contributed by atoms with Gasteiger partial charge in [0.2, 0.25) is 0 Å². The largest absolute Gasteiger partial charge is 0.363 e. The molecule has 4 nitrogen and oxygen atoms in total. The van der Waals surface area contributed by atoms with Crippen molar-refractivity contribution in [3.63, 3.8) is 0 Å². The van der Waals surface area contributed by atoms with Gasteiger partial charge in [0.15, 0.2) is 5.11 Å². The zero-order valence-corrected chi connectivity index (χ0v) is 15.3. The molecule has 0 atom stereocenters. The third-order valence-corrected chi connectivity index (χ3v) is 4.44. The summed E-state index contributed by atoms with van der Waals surface area (Å²) in [5, 5.41) is 7.27. The van der Waals surface area contributed by atoms with E-state index in [1.54, 1.807) is 0 Å². The Morgan fingerprint density at radius 2 is 1.74 bits per heavy atom. The van der Waals surface area contributed by atoms with Crippen LogP contribution < -0.4 is 10.6 Å². The third-order valence-electron chi connectivity index (χ3n) is 4.15. The van der Waals surface area contributed by atoms with Crippen LogP contribution in [0.1, 0.15) is 30.4 Å². The van der Waals surface area contributed by atoms with Crippen molar-refractivity contribution in [3.8, 4) is 0 Å². The highest BCUT2D eigenvalue weighted by Crippen LogP contribution is 2.13. The minimum atomic E-state index is 0.741. The second-order valence-corrected chi connectivity index (χ2v) is 6.97. The van der Waals surface area contributed by atoms with E-state index < -0.39 is 0 Å². The second-order valence-electron chi connectivity index (χ2n) is 6.57. The van der Waals surface area contributed by atoms with Crippen molar-refractivity contribution in [2.24, 2.45) is 0 Å². The van der Waals surface area contributed by atoms with Gasteiger partial charge in [0, 0.05) is 19.6 Å². The predicted molar refractivity (Wildman–Crippen MR) is 102 cm³/mol. The maximum absolute atomic E-state index is 5.31. The summed E-state index contributed by atoms with van der Waals surface area (Å²) in [6.45, 7) is 6.35. The smallest absolute Gasteiger partial charge is 0.166 e. The van der Waals surface area contributed by atoms with Gasteiger partial charge in [-0.3, -0.25) is 4.90 Å². The first kappa shape index (κ1) is 18.2. The molecule has 2 rings (SSSR count). The number of nitrogens with one attached hydrogen (secondary N) is 2. The number of benzene rings is 1. The van der Waals surface area contributed by atoms with Crippen LogP contribution in [-0.2, 0) is 13.1 Å². The van der Waals surface area contributed by atoms with Gasteiger partial charge in [-0.2, -0.15) is 0 Å². The third kappa shape index (κ3) is 7.29. The lowest BCUT2D eigenvalue weighted by Crippen LogP contribution is -2.36. The monoisotopic (exact) mass is 334 g/mol. The number of hydrogen-bond donors (Lipinski definition) is 2. The van der Waals surface area contributed by atoms with Crippen molar-refractivity contribution in [1.29, 1.82) is 0 Å². The summed E-state index contributed by atoms with van der Waals surface area (Å²) in [7, 11) is 4.17. The fourth-order valence-corrected chi connectivity index (χ4v) is 2.98. The van der Waals surface area contributed by atoms with E-state index in [0.717, 1.165) is 37.7 Å². The Morgan fingerprint density at radius 1 is 1.09 bits per heavy atom. The molecule has 1 aliphatic heterocycles. The van der Waals surface area contributed by atoms with Crippen molar-refractivity contribution in [1.82, 2.24) is 20.4 Å². The summed E-state index contributed by atoms with van der Waals surface area (Å²) in [5.74, 6) is 0. The molecule has 1 heterocycles. The summed E-state index contributed by atoms with van der Waals surface area (Å²) in [5.41, 5.74) is 2.67. The van der Waals surface area contributed by atoms with Gasteiger partial charge >= 0.3 is 0 Å². The van der Waals surface area contributed by atoms with E-state index in [1.807, 2.05) is 0 Å². The van der Waals surface area contributed by atoms with Crippen molar-refractivity contribution in [3.05, 3.63) is 35.4 Å². The molecule has 0 spiro atoms. The number of likely N-dealkylation sites (tertiary alicyclic amines) is 1. The van der Waals surface area contributed by atoms with Gasteiger partial charge in [0.05, 0.1) is 0 Å². The van der Waals surface area contributed by atoms with Crippen LogP contribution in [0.2, 0.25) is 0 Å². The number of rotatable bonds is 8. The number of hydrogen-bond acceptors (Lipinski definition) is 3. The Hall–Kier alpha value is -1.17. The van der Waals surface area contributed by atoms with Crippen LogP contribution in [0, 0.1) is 0 Å². The second kappa shape index (κ2) is 9.85. The minimum Gasteiger partial charge on any atom is -0.363 e. The summed E-state index contributed by atoms with van der Waals surface area (Å²) in [6, 6.07) is 8.88. The molecular formula is C18H30N4S. The lowest BCUT2D eigenvalue weighted by molar-refractivity contribution is 0.331. The number of nitrogens with zero attached hydrogens (tertiary/aromatic N) is 2. The normalized spacial score (nSPS) is 15.1. The van der Waals surface area contributed by atoms with Crippen molar-refractivity contribution in [2.75, 3.05) is 40.3 Å². The van der Waals surface area contributed by atoms with Gasteiger partial charge in [-0.1, -0.05) is 24.3 Å². The molecule has 128 valence electrons. The lowest BCUT2D eigenvalue weighted by Gasteiger charge is -2.15. The van der Waals surface area contributed by atoms with Gasteiger partial charge < -0.3 is 15.5 Å². The quantitative estimate of drug-likeness (QED) is 0.562. The fraction of sp³-hybridized carbons (Fsp3) is 0.611. The van der Waals surface area contributed by atoms with E-state index in [0.29, 0.717) is 0 Å². The van der Waals surface area contributed by atoms with Gasteiger partial charge in [0.1, 0.15) is 0 Å². The summed E-state index contributed by atoms with van der Waals surface area (Å²) in [6.07, 6.45) is 3.79. The molecular weight excluding hydrogens is 304 g/mol. The average Bonchev–Trinajstić information content (AvgIpc) is 3.04. The summed E-state index contributed by atoms with van der Waals surface area (Å²) >= 11 is 5.31. The van der Waals surface area contributed by atoms with E-state index >= 15 is 0 Å². The first-order valence-corrected chi connectivity index (χ1v) is 9.01. The van der Waals surface area contributed by atoms with Crippen LogP contribution in [0.4, 0.5) is 0 Å². The zero-order chi connectivity index (χ0) is 16.5. The summed E-state index contributed by atoms with van der Waals surface area (Å²) < 4.78 is 0. The Labute approximate surface area is 146 Å². The van der Waals surface area contributed by atoms with Crippen LogP contribution in [0.25, 0.3) is 0 Å². The lowest BCUT2D eigenvalue weighted by atomic mass is 10.1. The summed E-state index contributed by atoms with van der Waals surface area (Å²) in [4.78, 5) is 4.71. The molecule has 0 amide bonds. The highest BCUT2D eigenvalue weighted by atomic mass is 32.1. The molecule has 1 fully saturated rings. The molecule has 1 saturated heterocycles. The molecule has 5 heteroatoms. The Balaban J connectivity index is 1.64. The van der Waals surface area contributed by atoms with Crippen molar-refractivity contribution >= 4 is 17.3 Å². The maximum atomic E-state index is 5.31.